The highest BCUT2D eigenvalue weighted by Gasteiger charge is 2.12. The summed E-state index contributed by atoms with van der Waals surface area (Å²) in [6.07, 6.45) is 3.50. The maximum Gasteiger partial charge on any atom is 0.124 e. The second kappa shape index (κ2) is 5.22. The molecule has 2 heterocycles. The van der Waals surface area contributed by atoms with Crippen LogP contribution < -0.4 is 0 Å². The first kappa shape index (κ1) is 13.6. The van der Waals surface area contributed by atoms with Gasteiger partial charge in [-0.15, -0.1) is 0 Å². The molecule has 4 heteroatoms. The molecule has 0 spiro atoms. The number of aromatic nitrogens is 2. The van der Waals surface area contributed by atoms with Crippen molar-refractivity contribution in [2.45, 2.75) is 6.54 Å². The summed E-state index contributed by atoms with van der Waals surface area (Å²) in [4.78, 5) is 6.26. The van der Waals surface area contributed by atoms with Crippen molar-refractivity contribution in [3.63, 3.8) is 0 Å². The van der Waals surface area contributed by atoms with Gasteiger partial charge >= 0.3 is 0 Å². The molecule has 0 fully saturated rings. The molecule has 0 radical (unpaired) electrons. The Balaban J connectivity index is 2.17. The average molecular weight is 281 g/mol. The van der Waals surface area contributed by atoms with E-state index in [4.69, 9.17) is 0 Å². The summed E-state index contributed by atoms with van der Waals surface area (Å²) in [5.74, 6) is 0.289. The van der Waals surface area contributed by atoms with Crippen molar-refractivity contribution >= 4 is 10.9 Å². The van der Waals surface area contributed by atoms with E-state index < -0.39 is 0 Å². The molecule has 21 heavy (non-hydrogen) atoms. The van der Waals surface area contributed by atoms with E-state index in [0.29, 0.717) is 0 Å². The Hall–Kier alpha value is -2.33. The van der Waals surface area contributed by atoms with Crippen LogP contribution in [-0.2, 0) is 13.6 Å². The fourth-order valence-corrected chi connectivity index (χ4v) is 2.66. The Morgan fingerprint density at radius 1 is 1.24 bits per heavy atom. The topological polar surface area (TPSA) is 41.3 Å². The van der Waals surface area contributed by atoms with Crippen LogP contribution >= 0.6 is 0 Å². The van der Waals surface area contributed by atoms with Gasteiger partial charge in [-0.3, -0.25) is 4.98 Å². The highest BCUT2D eigenvalue weighted by molar-refractivity contribution is 5.89. The van der Waals surface area contributed by atoms with Crippen molar-refractivity contribution in [2.75, 3.05) is 14.1 Å². The lowest BCUT2D eigenvalue weighted by Gasteiger charge is -2.11. The van der Waals surface area contributed by atoms with Crippen molar-refractivity contribution < 1.29 is 5.11 Å². The molecule has 1 aromatic carbocycles. The molecule has 2 aromatic heterocycles. The predicted molar refractivity (Wildman–Crippen MR) is 85.2 cm³/mol. The van der Waals surface area contributed by atoms with E-state index in [9.17, 15) is 5.11 Å². The van der Waals surface area contributed by atoms with E-state index in [1.54, 1.807) is 12.4 Å². The molecule has 0 amide bonds. The van der Waals surface area contributed by atoms with E-state index in [-0.39, 0.29) is 5.75 Å². The van der Waals surface area contributed by atoms with Crippen molar-refractivity contribution in [3.8, 4) is 16.9 Å². The van der Waals surface area contributed by atoms with Gasteiger partial charge in [0, 0.05) is 53.7 Å². The molecule has 0 aliphatic rings. The zero-order chi connectivity index (χ0) is 15.0. The summed E-state index contributed by atoms with van der Waals surface area (Å²) >= 11 is 0. The van der Waals surface area contributed by atoms with Gasteiger partial charge in [0.15, 0.2) is 0 Å². The van der Waals surface area contributed by atoms with Crippen LogP contribution in [0.25, 0.3) is 22.0 Å². The van der Waals surface area contributed by atoms with Gasteiger partial charge < -0.3 is 14.6 Å². The zero-order valence-corrected chi connectivity index (χ0v) is 12.5. The van der Waals surface area contributed by atoms with Gasteiger partial charge in [0.25, 0.3) is 0 Å². The summed E-state index contributed by atoms with van der Waals surface area (Å²) in [5, 5.41) is 11.4. The molecular weight excluding hydrogens is 262 g/mol. The maximum absolute atomic E-state index is 10.3. The van der Waals surface area contributed by atoms with E-state index in [0.717, 1.165) is 28.6 Å². The molecule has 0 aliphatic heterocycles. The second-order valence-electron chi connectivity index (χ2n) is 5.60. The molecule has 0 atom stereocenters. The fourth-order valence-electron chi connectivity index (χ4n) is 2.66. The van der Waals surface area contributed by atoms with Gasteiger partial charge in [0.2, 0.25) is 0 Å². The van der Waals surface area contributed by atoms with Crippen LogP contribution in [0.15, 0.2) is 42.7 Å². The number of hydrogen-bond donors (Lipinski definition) is 1. The van der Waals surface area contributed by atoms with E-state index in [2.05, 4.69) is 41.7 Å². The number of aromatic hydroxyl groups is 1. The lowest BCUT2D eigenvalue weighted by molar-refractivity contribution is 0.392. The Morgan fingerprint density at radius 3 is 2.71 bits per heavy atom. The molecule has 0 unspecified atom stereocenters. The van der Waals surface area contributed by atoms with E-state index in [1.807, 2.05) is 24.3 Å². The molecule has 4 nitrogen and oxygen atoms in total. The zero-order valence-electron chi connectivity index (χ0n) is 12.5. The number of aryl methyl sites for hydroxylation is 1. The lowest BCUT2D eigenvalue weighted by atomic mass is 10.0. The number of hydrogen-bond acceptors (Lipinski definition) is 3. The summed E-state index contributed by atoms with van der Waals surface area (Å²) in [6.45, 7) is 0.869. The largest absolute Gasteiger partial charge is 0.507 e. The molecular formula is C17H19N3O. The first-order valence-electron chi connectivity index (χ1n) is 6.92. The predicted octanol–water partition coefficient (Wildman–Crippen LogP) is 3.01. The molecule has 0 aliphatic carbocycles. The first-order valence-corrected chi connectivity index (χ1v) is 6.92. The number of benzene rings is 1. The Bertz CT molecular complexity index is 776. The smallest absolute Gasteiger partial charge is 0.124 e. The monoisotopic (exact) mass is 281 g/mol. The summed E-state index contributed by atoms with van der Waals surface area (Å²) in [7, 11) is 6.16. The van der Waals surface area contributed by atoms with Gasteiger partial charge in [-0.2, -0.15) is 0 Å². The van der Waals surface area contributed by atoms with Crippen LogP contribution in [0.5, 0.6) is 5.75 Å². The number of rotatable bonds is 3. The maximum atomic E-state index is 10.3. The minimum absolute atomic E-state index is 0.289. The minimum Gasteiger partial charge on any atom is -0.507 e. The molecule has 3 aromatic rings. The van der Waals surface area contributed by atoms with Gasteiger partial charge in [-0.25, -0.2) is 0 Å². The third kappa shape index (κ3) is 2.50. The standard InChI is InChI=1S/C17H19N3O/c1-19(2)11-14-7-13-8-17(21)15(9-16(13)20(14)3)12-5-4-6-18-10-12/h4-10,21H,11H2,1-3H3. The van der Waals surface area contributed by atoms with Crippen LogP contribution in [0.4, 0.5) is 0 Å². The molecule has 1 N–H and O–H groups in total. The first-order chi connectivity index (χ1) is 10.1. The third-order valence-corrected chi connectivity index (χ3v) is 3.71. The number of fused-ring (bicyclic) bond motifs is 1. The van der Waals surface area contributed by atoms with Crippen LogP contribution in [0.1, 0.15) is 5.69 Å². The number of phenols is 1. The minimum atomic E-state index is 0.289. The number of phenolic OH excluding ortho intramolecular Hbond substituents is 1. The Morgan fingerprint density at radius 2 is 2.05 bits per heavy atom. The van der Waals surface area contributed by atoms with Gasteiger partial charge in [0.1, 0.15) is 5.75 Å². The van der Waals surface area contributed by atoms with Gasteiger partial charge in [-0.05, 0) is 38.4 Å². The second-order valence-corrected chi connectivity index (χ2v) is 5.60. The highest BCUT2D eigenvalue weighted by Crippen LogP contribution is 2.34. The summed E-state index contributed by atoms with van der Waals surface area (Å²) < 4.78 is 2.18. The average Bonchev–Trinajstić information content (AvgIpc) is 2.74. The van der Waals surface area contributed by atoms with E-state index in [1.165, 1.54) is 5.69 Å². The fraction of sp³-hybridized carbons (Fsp3) is 0.235. The number of nitrogens with zero attached hydrogens (tertiary/aromatic N) is 3. The highest BCUT2D eigenvalue weighted by atomic mass is 16.3. The SMILES string of the molecule is CN(C)Cc1cc2cc(O)c(-c3cccnc3)cc2n1C. The quantitative estimate of drug-likeness (QED) is 0.802. The van der Waals surface area contributed by atoms with Crippen LogP contribution in [0.2, 0.25) is 0 Å². The van der Waals surface area contributed by atoms with Crippen LogP contribution in [-0.4, -0.2) is 33.7 Å². The van der Waals surface area contributed by atoms with Crippen LogP contribution in [0, 0.1) is 0 Å². The molecule has 108 valence electrons. The Kier molecular flexibility index (Phi) is 3.39. The molecule has 0 saturated carbocycles. The van der Waals surface area contributed by atoms with Crippen molar-refractivity contribution in [2.24, 2.45) is 7.05 Å². The molecule has 0 saturated heterocycles. The lowest BCUT2D eigenvalue weighted by Crippen LogP contribution is -2.13. The number of pyridine rings is 1. The van der Waals surface area contributed by atoms with Crippen molar-refractivity contribution in [3.05, 3.63) is 48.4 Å². The molecule has 3 rings (SSSR count). The van der Waals surface area contributed by atoms with Crippen molar-refractivity contribution in [1.82, 2.24) is 14.5 Å². The summed E-state index contributed by atoms with van der Waals surface area (Å²) in [6, 6.07) is 9.82. The third-order valence-electron chi connectivity index (χ3n) is 3.71. The Labute approximate surface area is 124 Å². The van der Waals surface area contributed by atoms with Crippen LogP contribution in [0.3, 0.4) is 0 Å². The van der Waals surface area contributed by atoms with Gasteiger partial charge in [0.05, 0.1) is 0 Å². The summed E-state index contributed by atoms with van der Waals surface area (Å²) in [5.41, 5.74) is 4.07. The molecule has 0 bridgehead atoms. The van der Waals surface area contributed by atoms with Crippen molar-refractivity contribution in [1.29, 1.82) is 0 Å². The van der Waals surface area contributed by atoms with Gasteiger partial charge in [-0.1, -0.05) is 6.07 Å². The van der Waals surface area contributed by atoms with E-state index >= 15 is 0 Å². The normalized spacial score (nSPS) is 11.4.